The molecule has 50 heavy (non-hydrogen) atoms. The minimum absolute atomic E-state index is 0. The van der Waals surface area contributed by atoms with Crippen LogP contribution in [0.4, 0.5) is 0 Å². The summed E-state index contributed by atoms with van der Waals surface area (Å²) in [6.45, 7) is 18.4. The molecular formula is C44H58IrNO2Si2-. The average molecular weight is 881 g/mol. The van der Waals surface area contributed by atoms with Crippen LogP contribution in [0, 0.1) is 24.8 Å². The molecule has 0 bridgehead atoms. The second-order valence-electron chi connectivity index (χ2n) is 16.7. The van der Waals surface area contributed by atoms with Gasteiger partial charge in [0.05, 0.1) is 21.7 Å². The molecule has 3 nitrogen and oxygen atoms in total. The molecule has 0 aliphatic heterocycles. The number of hydrogen-bond acceptors (Lipinski definition) is 3. The summed E-state index contributed by atoms with van der Waals surface area (Å²) in [6, 6.07) is 28.1. The topological polar surface area (TPSA) is 50.2 Å². The number of nitrogens with zero attached hydrogens (tertiary/aromatic N) is 1. The number of rotatable bonds is 7. The van der Waals surface area contributed by atoms with Crippen molar-refractivity contribution in [2.45, 2.75) is 117 Å². The van der Waals surface area contributed by atoms with Crippen LogP contribution in [0.1, 0.15) is 76.7 Å². The summed E-state index contributed by atoms with van der Waals surface area (Å²) >= 11 is 0. The first-order chi connectivity index (χ1) is 23.2. The van der Waals surface area contributed by atoms with Gasteiger partial charge in [0.25, 0.3) is 0 Å². The number of Topliss-reactive ketones (excluding diaryl/α,β-unsaturated/α-hetero) is 1. The molecule has 269 valence electrons. The molecular weight excluding hydrogens is 823 g/mol. The zero-order valence-corrected chi connectivity index (χ0v) is 36.1. The van der Waals surface area contributed by atoms with Crippen molar-refractivity contribution in [1.82, 2.24) is 4.98 Å². The molecule has 1 radical (unpaired) electrons. The van der Waals surface area contributed by atoms with Gasteiger partial charge in [-0.15, -0.1) is 34.5 Å². The molecule has 2 saturated carbocycles. The molecule has 0 spiro atoms. The van der Waals surface area contributed by atoms with Crippen molar-refractivity contribution in [3.8, 4) is 22.4 Å². The largest absolute Gasteiger partial charge is 0.512 e. The van der Waals surface area contributed by atoms with Crippen molar-refractivity contribution in [3.63, 3.8) is 0 Å². The molecule has 2 aliphatic rings. The van der Waals surface area contributed by atoms with Gasteiger partial charge in [0, 0.05) is 42.9 Å². The van der Waals surface area contributed by atoms with E-state index in [4.69, 9.17) is 4.98 Å². The van der Waals surface area contributed by atoms with Crippen LogP contribution >= 0.6 is 0 Å². The molecule has 2 aliphatic carbocycles. The van der Waals surface area contributed by atoms with Gasteiger partial charge in [-0.25, -0.2) is 0 Å². The number of ketones is 1. The summed E-state index contributed by atoms with van der Waals surface area (Å²) in [5.74, 6) is 1.07. The van der Waals surface area contributed by atoms with Crippen molar-refractivity contribution in [2.24, 2.45) is 11.8 Å². The van der Waals surface area contributed by atoms with Crippen LogP contribution in [-0.2, 0) is 24.9 Å². The number of allylic oxidation sites excluding steroid dienone is 2. The van der Waals surface area contributed by atoms with Crippen LogP contribution in [0.3, 0.4) is 0 Å². The van der Waals surface area contributed by atoms with E-state index >= 15 is 0 Å². The summed E-state index contributed by atoms with van der Waals surface area (Å²) in [4.78, 5) is 17.5. The van der Waals surface area contributed by atoms with E-state index < -0.39 is 16.1 Å². The van der Waals surface area contributed by atoms with Gasteiger partial charge >= 0.3 is 0 Å². The zero-order valence-electron chi connectivity index (χ0n) is 31.7. The van der Waals surface area contributed by atoms with Crippen LogP contribution in [0.15, 0.2) is 78.1 Å². The number of pyridine rings is 1. The molecule has 0 unspecified atom stereocenters. The van der Waals surface area contributed by atoms with Gasteiger partial charge < -0.3 is 5.11 Å². The van der Waals surface area contributed by atoms with E-state index in [1.54, 1.807) is 0 Å². The monoisotopic (exact) mass is 881 g/mol. The third-order valence-electron chi connectivity index (χ3n) is 10.6. The second-order valence-corrected chi connectivity index (χ2v) is 26.8. The normalized spacial score (nSPS) is 16.6. The fourth-order valence-corrected chi connectivity index (χ4v) is 9.84. The predicted octanol–water partition coefficient (Wildman–Crippen LogP) is 11.3. The number of carbonyl (C=O) groups is 1. The predicted molar refractivity (Wildman–Crippen MR) is 216 cm³/mol. The van der Waals surface area contributed by atoms with Crippen molar-refractivity contribution >= 4 is 43.2 Å². The Morgan fingerprint density at radius 3 is 1.90 bits per heavy atom. The van der Waals surface area contributed by atoms with Gasteiger partial charge in [0.1, 0.15) is 5.76 Å². The van der Waals surface area contributed by atoms with Gasteiger partial charge in [-0.1, -0.05) is 138 Å². The number of aryl methyl sites for hydroxylation is 1. The van der Waals surface area contributed by atoms with Crippen LogP contribution in [0.25, 0.3) is 33.3 Å². The molecule has 0 amide bonds. The number of fused-ring (bicyclic) bond motifs is 1. The standard InChI is InChI=1S/C28H32NSi2.C16H26O2.Ir/c1-20-15-22(17-24(16-20)31(5,6)7)28-19-25(21-11-9-8-10-12-21)26-18-23(30(2,3)4)13-14-27(26)29-28;1-12(15(17)13-8-4-2-5-9-13)16(18)14-10-6-3-7-11-14;/h8-14,16-19H,1-7H3;13-14,17H,2-11H2,1H3;/q-1;;/b;15-12-;. The Morgan fingerprint density at radius 2 is 1.32 bits per heavy atom. The van der Waals surface area contributed by atoms with Gasteiger partial charge in [0.2, 0.25) is 0 Å². The number of benzene rings is 3. The van der Waals surface area contributed by atoms with Crippen LogP contribution in [0.2, 0.25) is 39.3 Å². The molecule has 0 atom stereocenters. The van der Waals surface area contributed by atoms with E-state index in [1.807, 2.05) is 6.92 Å². The SMILES string of the molecule is C/C(C(=O)C1CCCCC1)=C(/O)C1CCCCC1.Cc1[c-]c(-c2cc(-c3ccccc3)c3cc([Si](C)(C)C)ccc3n2)cc([Si](C)(C)C)c1.[Ir]. The number of aliphatic hydroxyl groups is 1. The molecule has 1 N–H and O–H groups in total. The van der Waals surface area contributed by atoms with Crippen LogP contribution in [-0.4, -0.2) is 32.0 Å². The summed E-state index contributed by atoms with van der Waals surface area (Å²) < 4.78 is 0. The summed E-state index contributed by atoms with van der Waals surface area (Å²) in [6.07, 6.45) is 11.4. The van der Waals surface area contributed by atoms with E-state index in [-0.39, 0.29) is 37.7 Å². The van der Waals surface area contributed by atoms with Gasteiger partial charge in [0.15, 0.2) is 5.78 Å². The molecule has 4 aromatic rings. The van der Waals surface area contributed by atoms with E-state index in [0.29, 0.717) is 11.3 Å². The molecule has 1 heterocycles. The number of hydrogen-bond donors (Lipinski definition) is 1. The Hall–Kier alpha value is -2.64. The van der Waals surface area contributed by atoms with Crippen LogP contribution < -0.4 is 10.4 Å². The fraction of sp³-hybridized carbons (Fsp3) is 0.455. The first kappa shape index (κ1) is 40.1. The average Bonchev–Trinajstić information content (AvgIpc) is 3.10. The summed E-state index contributed by atoms with van der Waals surface area (Å²) in [5.41, 5.74) is 7.51. The Bertz CT molecular complexity index is 1790. The van der Waals surface area contributed by atoms with Crippen molar-refractivity contribution < 1.29 is 30.0 Å². The number of aromatic nitrogens is 1. The first-order valence-electron chi connectivity index (χ1n) is 18.7. The fourth-order valence-electron chi connectivity index (χ4n) is 7.45. The minimum atomic E-state index is -1.43. The van der Waals surface area contributed by atoms with E-state index in [0.717, 1.165) is 42.5 Å². The quantitative estimate of drug-likeness (QED) is 0.0871. The molecule has 6 heteroatoms. The zero-order chi connectivity index (χ0) is 35.3. The van der Waals surface area contributed by atoms with E-state index in [9.17, 15) is 9.90 Å². The number of aliphatic hydroxyl groups excluding tert-OH is 1. The first-order valence-corrected chi connectivity index (χ1v) is 25.7. The smallest absolute Gasteiger partial charge is 0.164 e. The number of carbonyl (C=O) groups excluding carboxylic acids is 1. The Kier molecular flexibility index (Phi) is 13.9. The maximum absolute atomic E-state index is 12.4. The maximum Gasteiger partial charge on any atom is 0.164 e. The van der Waals surface area contributed by atoms with Gasteiger partial charge in [-0.3, -0.25) is 9.78 Å². The molecule has 2 fully saturated rings. The van der Waals surface area contributed by atoms with Gasteiger partial charge in [-0.2, -0.15) is 0 Å². The Labute approximate surface area is 317 Å². The molecule has 3 aromatic carbocycles. The van der Waals surface area contributed by atoms with Crippen molar-refractivity contribution in [3.05, 3.63) is 89.7 Å². The Morgan fingerprint density at radius 1 is 0.740 bits per heavy atom. The van der Waals surface area contributed by atoms with Crippen molar-refractivity contribution in [1.29, 1.82) is 0 Å². The molecule has 0 saturated heterocycles. The third-order valence-corrected chi connectivity index (χ3v) is 14.7. The van der Waals surface area contributed by atoms with E-state index in [2.05, 4.69) is 119 Å². The second kappa shape index (κ2) is 17.3. The van der Waals surface area contributed by atoms with Crippen LogP contribution in [0.5, 0.6) is 0 Å². The maximum atomic E-state index is 12.4. The Balaban J connectivity index is 0.000000253. The summed E-state index contributed by atoms with van der Waals surface area (Å²) in [7, 11) is -2.85. The molecule has 6 rings (SSSR count). The third kappa shape index (κ3) is 10.0. The summed E-state index contributed by atoms with van der Waals surface area (Å²) in [5, 5.41) is 14.5. The van der Waals surface area contributed by atoms with Gasteiger partial charge in [-0.05, 0) is 55.5 Å². The van der Waals surface area contributed by atoms with Crippen molar-refractivity contribution in [2.75, 3.05) is 0 Å². The van der Waals surface area contributed by atoms with E-state index in [1.165, 1.54) is 71.0 Å². The minimum Gasteiger partial charge on any atom is -0.512 e. The molecule has 1 aromatic heterocycles.